The Bertz CT molecular complexity index is 261. The van der Waals surface area contributed by atoms with E-state index < -0.39 is 0 Å². The van der Waals surface area contributed by atoms with Gasteiger partial charge in [0.15, 0.2) is 0 Å². The Morgan fingerprint density at radius 2 is 1.81 bits per heavy atom. The molecule has 2 rings (SSSR count). The van der Waals surface area contributed by atoms with Gasteiger partial charge in [-0.05, 0) is 44.9 Å². The SMILES string of the molecule is CC(=O)C1(CCC(C)C)CCC2(CC1)CO2. The molecule has 0 aromatic heterocycles. The summed E-state index contributed by atoms with van der Waals surface area (Å²) < 4.78 is 5.52. The van der Waals surface area contributed by atoms with E-state index in [1.165, 1.54) is 6.42 Å². The van der Waals surface area contributed by atoms with Gasteiger partial charge in [-0.1, -0.05) is 20.3 Å². The third-order valence-corrected chi connectivity index (χ3v) is 4.62. The van der Waals surface area contributed by atoms with E-state index >= 15 is 0 Å². The highest BCUT2D eigenvalue weighted by atomic mass is 16.6. The molecule has 1 aliphatic carbocycles. The fourth-order valence-electron chi connectivity index (χ4n) is 2.92. The number of hydrogen-bond donors (Lipinski definition) is 0. The van der Waals surface area contributed by atoms with E-state index in [0.29, 0.717) is 11.7 Å². The van der Waals surface area contributed by atoms with Crippen molar-refractivity contribution in [3.63, 3.8) is 0 Å². The molecule has 1 heterocycles. The number of carbonyl (C=O) groups excluding carboxylic acids is 1. The van der Waals surface area contributed by atoms with Crippen molar-refractivity contribution in [2.75, 3.05) is 6.61 Å². The van der Waals surface area contributed by atoms with Gasteiger partial charge in [-0.25, -0.2) is 0 Å². The standard InChI is InChI=1S/C14H24O2/c1-11(2)4-5-13(12(3)15)6-8-14(9-7-13)10-16-14/h11H,4-10H2,1-3H3. The summed E-state index contributed by atoms with van der Waals surface area (Å²) in [5, 5.41) is 0. The molecule has 0 N–H and O–H groups in total. The summed E-state index contributed by atoms with van der Waals surface area (Å²) in [7, 11) is 0. The lowest BCUT2D eigenvalue weighted by Crippen LogP contribution is -2.37. The van der Waals surface area contributed by atoms with Crippen LogP contribution >= 0.6 is 0 Å². The van der Waals surface area contributed by atoms with Crippen molar-refractivity contribution < 1.29 is 9.53 Å². The lowest BCUT2D eigenvalue weighted by Gasteiger charge is -2.38. The van der Waals surface area contributed by atoms with E-state index in [2.05, 4.69) is 13.8 Å². The first-order valence-corrected chi connectivity index (χ1v) is 6.63. The van der Waals surface area contributed by atoms with E-state index in [1.807, 2.05) is 0 Å². The van der Waals surface area contributed by atoms with Crippen LogP contribution in [-0.4, -0.2) is 18.0 Å². The van der Waals surface area contributed by atoms with Crippen molar-refractivity contribution in [2.45, 2.75) is 64.9 Å². The molecule has 2 heteroatoms. The zero-order valence-electron chi connectivity index (χ0n) is 10.8. The van der Waals surface area contributed by atoms with Crippen LogP contribution < -0.4 is 0 Å². The lowest BCUT2D eigenvalue weighted by molar-refractivity contribution is -0.129. The Morgan fingerprint density at radius 3 is 2.19 bits per heavy atom. The highest BCUT2D eigenvalue weighted by Crippen LogP contribution is 2.51. The maximum absolute atomic E-state index is 11.9. The van der Waals surface area contributed by atoms with Crippen molar-refractivity contribution in [2.24, 2.45) is 11.3 Å². The molecule has 1 saturated heterocycles. The molecule has 1 spiro atoms. The van der Waals surface area contributed by atoms with Gasteiger partial charge in [-0.2, -0.15) is 0 Å². The minimum Gasteiger partial charge on any atom is -0.370 e. The molecule has 1 aliphatic heterocycles. The first-order valence-electron chi connectivity index (χ1n) is 6.63. The third kappa shape index (κ3) is 2.32. The quantitative estimate of drug-likeness (QED) is 0.685. The van der Waals surface area contributed by atoms with Gasteiger partial charge in [0, 0.05) is 5.41 Å². The molecule has 0 unspecified atom stereocenters. The van der Waals surface area contributed by atoms with Gasteiger partial charge in [0.1, 0.15) is 5.78 Å². The van der Waals surface area contributed by atoms with E-state index in [9.17, 15) is 4.79 Å². The van der Waals surface area contributed by atoms with E-state index in [1.54, 1.807) is 6.92 Å². The second-order valence-electron chi connectivity index (χ2n) is 6.24. The average molecular weight is 224 g/mol. The topological polar surface area (TPSA) is 29.6 Å². The monoisotopic (exact) mass is 224 g/mol. The van der Waals surface area contributed by atoms with Gasteiger partial charge in [0.2, 0.25) is 0 Å². The molecule has 0 amide bonds. The Morgan fingerprint density at radius 1 is 1.25 bits per heavy atom. The van der Waals surface area contributed by atoms with E-state index in [4.69, 9.17) is 4.74 Å². The fraction of sp³-hybridized carbons (Fsp3) is 0.929. The van der Waals surface area contributed by atoms with Crippen molar-refractivity contribution in [1.29, 1.82) is 0 Å². The molecule has 0 aromatic carbocycles. The van der Waals surface area contributed by atoms with Crippen LogP contribution in [0.15, 0.2) is 0 Å². The van der Waals surface area contributed by atoms with Gasteiger partial charge in [0.25, 0.3) is 0 Å². The van der Waals surface area contributed by atoms with Crippen LogP contribution in [0.3, 0.4) is 0 Å². The third-order valence-electron chi connectivity index (χ3n) is 4.62. The van der Waals surface area contributed by atoms with Crippen molar-refractivity contribution in [3.05, 3.63) is 0 Å². The number of ether oxygens (including phenoxy) is 1. The number of rotatable bonds is 4. The lowest BCUT2D eigenvalue weighted by atomic mass is 9.65. The first-order chi connectivity index (χ1) is 7.48. The summed E-state index contributed by atoms with van der Waals surface area (Å²) in [6.07, 6.45) is 6.56. The molecule has 0 radical (unpaired) electrons. The number of hydrogen-bond acceptors (Lipinski definition) is 2. The van der Waals surface area contributed by atoms with E-state index in [0.717, 1.165) is 38.7 Å². The smallest absolute Gasteiger partial charge is 0.135 e. The molecular weight excluding hydrogens is 200 g/mol. The molecule has 2 nitrogen and oxygen atoms in total. The zero-order valence-corrected chi connectivity index (χ0v) is 10.8. The molecule has 2 fully saturated rings. The number of carbonyl (C=O) groups is 1. The summed E-state index contributed by atoms with van der Waals surface area (Å²) in [6.45, 7) is 7.20. The van der Waals surface area contributed by atoms with Gasteiger partial charge in [-0.15, -0.1) is 0 Å². The maximum atomic E-state index is 11.9. The fourth-order valence-corrected chi connectivity index (χ4v) is 2.92. The Balaban J connectivity index is 1.96. The second kappa shape index (κ2) is 4.14. The van der Waals surface area contributed by atoms with Crippen LogP contribution in [0.1, 0.15) is 59.3 Å². The summed E-state index contributed by atoms with van der Waals surface area (Å²) in [5.74, 6) is 1.10. The van der Waals surface area contributed by atoms with E-state index in [-0.39, 0.29) is 11.0 Å². The summed E-state index contributed by atoms with van der Waals surface area (Å²) in [6, 6.07) is 0. The van der Waals surface area contributed by atoms with Crippen LogP contribution in [0.2, 0.25) is 0 Å². The summed E-state index contributed by atoms with van der Waals surface area (Å²) in [4.78, 5) is 11.9. The molecule has 92 valence electrons. The predicted octanol–water partition coefficient (Wildman–Crippen LogP) is 3.34. The molecule has 16 heavy (non-hydrogen) atoms. The average Bonchev–Trinajstić information content (AvgIpc) is 2.98. The first kappa shape index (κ1) is 12.1. The Labute approximate surface area is 98.7 Å². The van der Waals surface area contributed by atoms with Gasteiger partial charge in [-0.3, -0.25) is 4.79 Å². The number of Topliss-reactive ketones (excluding diaryl/α,β-unsaturated/α-hetero) is 1. The van der Waals surface area contributed by atoms with Gasteiger partial charge in [0.05, 0.1) is 12.2 Å². The predicted molar refractivity (Wildman–Crippen MR) is 64.3 cm³/mol. The zero-order chi connectivity index (χ0) is 11.8. The van der Waals surface area contributed by atoms with Crippen LogP contribution in [0.4, 0.5) is 0 Å². The Kier molecular flexibility index (Phi) is 3.13. The minimum atomic E-state index is -0.0124. The normalized spacial score (nSPS) is 38.0. The molecular formula is C14H24O2. The van der Waals surface area contributed by atoms with Crippen molar-refractivity contribution in [3.8, 4) is 0 Å². The maximum Gasteiger partial charge on any atom is 0.135 e. The van der Waals surface area contributed by atoms with Crippen LogP contribution in [0, 0.1) is 11.3 Å². The molecule has 0 bridgehead atoms. The summed E-state index contributed by atoms with van der Waals surface area (Å²) >= 11 is 0. The van der Waals surface area contributed by atoms with Crippen LogP contribution in [0.5, 0.6) is 0 Å². The summed E-state index contributed by atoms with van der Waals surface area (Å²) in [5.41, 5.74) is 0.193. The molecule has 0 atom stereocenters. The molecule has 1 saturated carbocycles. The van der Waals surface area contributed by atoms with Crippen molar-refractivity contribution in [1.82, 2.24) is 0 Å². The Hall–Kier alpha value is -0.370. The number of epoxide rings is 1. The molecule has 0 aromatic rings. The minimum absolute atomic E-state index is 0.0124. The highest BCUT2D eigenvalue weighted by Gasteiger charge is 2.52. The second-order valence-corrected chi connectivity index (χ2v) is 6.24. The van der Waals surface area contributed by atoms with Crippen LogP contribution in [-0.2, 0) is 9.53 Å². The molecule has 2 aliphatic rings. The van der Waals surface area contributed by atoms with Crippen molar-refractivity contribution >= 4 is 5.78 Å². The van der Waals surface area contributed by atoms with Gasteiger partial charge >= 0.3 is 0 Å². The van der Waals surface area contributed by atoms with Crippen LogP contribution in [0.25, 0.3) is 0 Å². The highest BCUT2D eigenvalue weighted by molar-refractivity contribution is 5.82. The largest absolute Gasteiger partial charge is 0.370 e. The number of ketones is 1. The van der Waals surface area contributed by atoms with Gasteiger partial charge < -0.3 is 4.74 Å².